The number of rotatable bonds is 4. The largest absolute Gasteiger partial charge is 0.546 e. The van der Waals surface area contributed by atoms with E-state index in [-0.39, 0.29) is 21.9 Å². The zero-order valence-corrected chi connectivity index (χ0v) is 11.8. The van der Waals surface area contributed by atoms with Crippen LogP contribution in [0.15, 0.2) is 40.9 Å². The number of benzene rings is 2. The Morgan fingerprint density at radius 3 is 2.82 bits per heavy atom. The number of fused-ring (bicyclic) bond motifs is 1. The van der Waals surface area contributed by atoms with Crippen LogP contribution in [0, 0.1) is 5.82 Å². The molecule has 1 aromatic heterocycles. The lowest BCUT2D eigenvalue weighted by Gasteiger charge is -2.08. The van der Waals surface area contributed by atoms with Gasteiger partial charge < -0.3 is 19.2 Å². The molecule has 0 amide bonds. The third kappa shape index (κ3) is 2.48. The van der Waals surface area contributed by atoms with Crippen molar-refractivity contribution in [3.8, 4) is 17.0 Å². The monoisotopic (exact) mass is 320 g/mol. The van der Waals surface area contributed by atoms with Gasteiger partial charge in [-0.15, -0.1) is 0 Å². The second-order valence-corrected chi connectivity index (χ2v) is 4.80. The number of carbonyl (C=O) groups excluding carboxylic acids is 1. The maximum atomic E-state index is 13.9. The molecule has 0 bridgehead atoms. The number of hydrogen-bond acceptors (Lipinski definition) is 5. The van der Waals surface area contributed by atoms with Crippen LogP contribution in [-0.2, 0) is 4.79 Å². The third-order valence-corrected chi connectivity index (χ3v) is 3.38. The molecule has 3 aromatic rings. The van der Waals surface area contributed by atoms with Gasteiger partial charge in [0.05, 0.1) is 11.4 Å². The highest BCUT2D eigenvalue weighted by molar-refractivity contribution is 6.36. The molecule has 22 heavy (non-hydrogen) atoms. The van der Waals surface area contributed by atoms with Crippen LogP contribution in [0.5, 0.6) is 5.75 Å². The zero-order chi connectivity index (χ0) is 15.7. The van der Waals surface area contributed by atoms with E-state index in [0.29, 0.717) is 11.1 Å². The van der Waals surface area contributed by atoms with Gasteiger partial charge in [-0.25, -0.2) is 4.39 Å². The standard InChI is InChI=1S/C15H9ClFNO4/c16-13-11(21-7-12(19)20)6-5-9-14(18-22-15(9)13)8-3-1-2-4-10(8)17/h1-6H,7H2,(H,19,20)/p-1. The molecule has 0 spiro atoms. The minimum absolute atomic E-state index is 0.0637. The Morgan fingerprint density at radius 1 is 1.32 bits per heavy atom. The van der Waals surface area contributed by atoms with Crippen molar-refractivity contribution in [2.45, 2.75) is 0 Å². The Hall–Kier alpha value is -2.60. The van der Waals surface area contributed by atoms with Crippen molar-refractivity contribution >= 4 is 28.5 Å². The van der Waals surface area contributed by atoms with E-state index in [9.17, 15) is 14.3 Å². The molecule has 112 valence electrons. The highest BCUT2D eigenvalue weighted by Gasteiger charge is 2.18. The fourth-order valence-electron chi connectivity index (χ4n) is 2.05. The summed E-state index contributed by atoms with van der Waals surface area (Å²) >= 11 is 6.10. The smallest absolute Gasteiger partial charge is 0.189 e. The molecule has 7 heteroatoms. The van der Waals surface area contributed by atoms with E-state index in [1.54, 1.807) is 24.3 Å². The second-order valence-electron chi connectivity index (χ2n) is 4.43. The summed E-state index contributed by atoms with van der Waals surface area (Å²) in [6.45, 7) is -0.639. The molecule has 0 unspecified atom stereocenters. The summed E-state index contributed by atoms with van der Waals surface area (Å²) in [7, 11) is 0. The molecule has 0 aliphatic rings. The van der Waals surface area contributed by atoms with Crippen molar-refractivity contribution in [2.75, 3.05) is 6.61 Å². The summed E-state index contributed by atoms with van der Waals surface area (Å²) in [4.78, 5) is 10.4. The van der Waals surface area contributed by atoms with Crippen molar-refractivity contribution in [3.63, 3.8) is 0 Å². The summed E-state index contributed by atoms with van der Waals surface area (Å²) in [5.74, 6) is -1.69. The van der Waals surface area contributed by atoms with E-state index < -0.39 is 18.4 Å². The van der Waals surface area contributed by atoms with Gasteiger partial charge >= 0.3 is 0 Å². The van der Waals surface area contributed by atoms with Gasteiger partial charge in [0.15, 0.2) is 5.58 Å². The summed E-state index contributed by atoms with van der Waals surface area (Å²) in [5, 5.41) is 14.8. The van der Waals surface area contributed by atoms with Crippen molar-refractivity contribution < 1.29 is 23.6 Å². The minimum atomic E-state index is -1.37. The Labute approximate surface area is 128 Å². The average Bonchev–Trinajstić information content (AvgIpc) is 2.91. The van der Waals surface area contributed by atoms with Gasteiger partial charge in [-0.05, 0) is 24.3 Å². The van der Waals surface area contributed by atoms with Crippen LogP contribution in [-0.4, -0.2) is 17.7 Å². The van der Waals surface area contributed by atoms with Gasteiger partial charge in [0, 0.05) is 5.56 Å². The van der Waals surface area contributed by atoms with E-state index in [2.05, 4.69) is 5.16 Å². The van der Waals surface area contributed by atoms with Crippen molar-refractivity contribution in [2.24, 2.45) is 0 Å². The summed E-state index contributed by atoms with van der Waals surface area (Å²) in [5.41, 5.74) is 0.776. The van der Waals surface area contributed by atoms with Crippen LogP contribution < -0.4 is 9.84 Å². The molecule has 2 aromatic carbocycles. The van der Waals surface area contributed by atoms with Crippen LogP contribution in [0.3, 0.4) is 0 Å². The number of hydrogen-bond donors (Lipinski definition) is 0. The van der Waals surface area contributed by atoms with Crippen LogP contribution in [0.25, 0.3) is 22.2 Å². The fourth-order valence-corrected chi connectivity index (χ4v) is 2.30. The van der Waals surface area contributed by atoms with Gasteiger partial charge in [-0.2, -0.15) is 0 Å². The Balaban J connectivity index is 2.08. The number of halogens is 2. The van der Waals surface area contributed by atoms with E-state index in [4.69, 9.17) is 20.9 Å². The van der Waals surface area contributed by atoms with Crippen molar-refractivity contribution in [3.05, 3.63) is 47.2 Å². The molecule has 1 heterocycles. The van der Waals surface area contributed by atoms with Crippen LogP contribution in [0.1, 0.15) is 0 Å². The zero-order valence-electron chi connectivity index (χ0n) is 11.0. The van der Waals surface area contributed by atoms with Crippen molar-refractivity contribution in [1.82, 2.24) is 5.16 Å². The molecular formula is C15H8ClFNO4-. The van der Waals surface area contributed by atoms with Crippen LogP contribution in [0.4, 0.5) is 4.39 Å². The Bertz CT molecular complexity index is 862. The second kappa shape index (κ2) is 5.65. The van der Waals surface area contributed by atoms with Crippen molar-refractivity contribution in [1.29, 1.82) is 0 Å². The fraction of sp³-hybridized carbons (Fsp3) is 0.0667. The molecule has 5 nitrogen and oxygen atoms in total. The quantitative estimate of drug-likeness (QED) is 0.738. The average molecular weight is 321 g/mol. The molecule has 0 aliphatic heterocycles. The summed E-state index contributed by atoms with van der Waals surface area (Å²) in [6.07, 6.45) is 0. The van der Waals surface area contributed by atoms with E-state index >= 15 is 0 Å². The Morgan fingerprint density at radius 2 is 2.09 bits per heavy atom. The molecule has 0 saturated heterocycles. The van der Waals surface area contributed by atoms with Gasteiger partial charge in [0.2, 0.25) is 0 Å². The molecule has 0 fully saturated rings. The first kappa shape index (κ1) is 14.3. The maximum absolute atomic E-state index is 13.9. The minimum Gasteiger partial charge on any atom is -0.546 e. The lowest BCUT2D eigenvalue weighted by atomic mass is 10.1. The van der Waals surface area contributed by atoms with E-state index in [1.807, 2.05) is 0 Å². The number of nitrogens with zero attached hydrogens (tertiary/aromatic N) is 1. The Kier molecular flexibility index (Phi) is 3.68. The SMILES string of the molecule is O=C([O-])COc1ccc2c(-c3ccccc3F)noc2c1Cl. The molecule has 0 atom stereocenters. The van der Waals surface area contributed by atoms with Crippen LogP contribution in [0.2, 0.25) is 5.02 Å². The topological polar surface area (TPSA) is 75.4 Å². The highest BCUT2D eigenvalue weighted by Crippen LogP contribution is 2.38. The molecular weight excluding hydrogens is 313 g/mol. The molecule has 0 N–H and O–H groups in total. The first-order chi connectivity index (χ1) is 10.6. The lowest BCUT2D eigenvalue weighted by molar-refractivity contribution is -0.307. The number of ether oxygens (including phenoxy) is 1. The first-order valence-electron chi connectivity index (χ1n) is 6.23. The summed E-state index contributed by atoms with van der Waals surface area (Å²) in [6, 6.07) is 9.17. The molecule has 0 radical (unpaired) electrons. The lowest BCUT2D eigenvalue weighted by Crippen LogP contribution is -2.28. The first-order valence-corrected chi connectivity index (χ1v) is 6.61. The van der Waals surface area contributed by atoms with Gasteiger partial charge in [0.25, 0.3) is 0 Å². The predicted octanol–water partition coefficient (Wildman–Crippen LogP) is 2.42. The van der Waals surface area contributed by atoms with E-state index in [0.717, 1.165) is 0 Å². The molecule has 0 aliphatic carbocycles. The molecule has 3 rings (SSSR count). The number of carboxylic acid groups (broad SMARTS) is 1. The maximum Gasteiger partial charge on any atom is 0.189 e. The number of carbonyl (C=O) groups is 1. The normalized spacial score (nSPS) is 10.8. The van der Waals surface area contributed by atoms with Gasteiger partial charge in [-0.3, -0.25) is 0 Å². The van der Waals surface area contributed by atoms with Gasteiger partial charge in [0.1, 0.15) is 28.9 Å². The number of carboxylic acids is 1. The summed E-state index contributed by atoms with van der Waals surface area (Å²) < 4.78 is 24.0. The van der Waals surface area contributed by atoms with Gasteiger partial charge in [-0.1, -0.05) is 28.9 Å². The van der Waals surface area contributed by atoms with E-state index in [1.165, 1.54) is 12.1 Å². The molecule has 0 saturated carbocycles. The highest BCUT2D eigenvalue weighted by atomic mass is 35.5. The number of aliphatic carboxylic acids is 1. The third-order valence-electron chi connectivity index (χ3n) is 3.02. The van der Waals surface area contributed by atoms with Crippen LogP contribution >= 0.6 is 11.6 Å². The predicted molar refractivity (Wildman–Crippen MR) is 74.9 cm³/mol. The number of aromatic nitrogens is 1.